The normalized spacial score (nSPS) is 13.7. The fraction of sp³-hybridized carbons (Fsp3) is 0.304. The van der Waals surface area contributed by atoms with E-state index in [0.717, 1.165) is 21.3 Å². The average Bonchev–Trinajstić information content (AvgIpc) is 2.87. The Hall–Kier alpha value is -3.15. The van der Waals surface area contributed by atoms with E-state index in [9.17, 15) is 0 Å². The third-order valence-corrected chi connectivity index (χ3v) is 6.26. The average molecular weight is 563 g/mol. The number of nitrogens with one attached hydrogen (secondary N) is 2. The van der Waals surface area contributed by atoms with Crippen molar-refractivity contribution in [3.05, 3.63) is 51.0 Å². The fourth-order valence-corrected chi connectivity index (χ4v) is 4.06. The van der Waals surface area contributed by atoms with Crippen LogP contribution in [0.4, 0.5) is 23.5 Å². The van der Waals surface area contributed by atoms with E-state index in [1.165, 1.54) is 0 Å². The Labute approximate surface area is 216 Å². The van der Waals surface area contributed by atoms with Crippen molar-refractivity contribution in [2.75, 3.05) is 56.2 Å². The summed E-state index contributed by atoms with van der Waals surface area (Å²) in [6.45, 7) is 4.51. The zero-order valence-electron chi connectivity index (χ0n) is 19.5. The van der Waals surface area contributed by atoms with E-state index in [1.807, 2.05) is 42.2 Å². The topological polar surface area (TPSA) is 106 Å². The summed E-state index contributed by atoms with van der Waals surface area (Å²) >= 11 is 9.88. The van der Waals surface area contributed by atoms with Gasteiger partial charge in [0.15, 0.2) is 11.5 Å². The molecule has 2 heterocycles. The minimum atomic E-state index is 0.287. The molecule has 1 aliphatic heterocycles. The van der Waals surface area contributed by atoms with Crippen LogP contribution in [-0.4, -0.2) is 61.7 Å². The van der Waals surface area contributed by atoms with Gasteiger partial charge in [-0.3, -0.25) is 0 Å². The van der Waals surface area contributed by atoms with Gasteiger partial charge in [-0.25, -0.2) is 5.43 Å². The molecule has 4 rings (SSSR count). The van der Waals surface area contributed by atoms with Gasteiger partial charge in [0.1, 0.15) is 0 Å². The van der Waals surface area contributed by atoms with E-state index in [2.05, 4.69) is 46.7 Å². The molecule has 3 aromatic rings. The Morgan fingerprint density at radius 1 is 1.06 bits per heavy atom. The monoisotopic (exact) mass is 561 g/mol. The van der Waals surface area contributed by atoms with Crippen molar-refractivity contribution in [1.29, 1.82) is 0 Å². The maximum Gasteiger partial charge on any atom is 0.250 e. The number of anilines is 4. The molecule has 1 aromatic heterocycles. The molecule has 0 aliphatic carbocycles. The number of rotatable bonds is 8. The molecule has 1 aliphatic rings. The summed E-state index contributed by atoms with van der Waals surface area (Å²) in [5.41, 5.74) is 5.41. The summed E-state index contributed by atoms with van der Waals surface area (Å²) in [5, 5.41) is 8.15. The number of aryl methyl sites for hydroxylation is 1. The van der Waals surface area contributed by atoms with Gasteiger partial charge in [0, 0.05) is 22.6 Å². The Morgan fingerprint density at radius 3 is 2.54 bits per heavy atom. The first kappa shape index (κ1) is 25.0. The second-order valence-corrected chi connectivity index (χ2v) is 8.83. The molecule has 0 amide bonds. The predicted molar refractivity (Wildman–Crippen MR) is 141 cm³/mol. The van der Waals surface area contributed by atoms with Crippen LogP contribution in [0, 0.1) is 6.92 Å². The van der Waals surface area contributed by atoms with Gasteiger partial charge in [-0.2, -0.15) is 20.1 Å². The van der Waals surface area contributed by atoms with E-state index in [1.54, 1.807) is 20.4 Å². The summed E-state index contributed by atoms with van der Waals surface area (Å²) in [4.78, 5) is 15.7. The van der Waals surface area contributed by atoms with Crippen molar-refractivity contribution in [1.82, 2.24) is 15.0 Å². The van der Waals surface area contributed by atoms with Crippen LogP contribution in [0.1, 0.15) is 11.1 Å². The largest absolute Gasteiger partial charge is 0.493 e. The SMILES string of the molecule is COc1ccc(/C=N/Nc2nc(Nc3cc(Cl)c(C)cc3Br)nc(N3CCOCC3)n2)cc1OC. The highest BCUT2D eigenvalue weighted by atomic mass is 79.9. The lowest BCUT2D eigenvalue weighted by Gasteiger charge is -2.27. The number of nitrogens with zero attached hydrogens (tertiary/aromatic N) is 5. The van der Waals surface area contributed by atoms with E-state index in [0.29, 0.717) is 54.7 Å². The number of benzene rings is 2. The maximum absolute atomic E-state index is 6.32. The smallest absolute Gasteiger partial charge is 0.250 e. The number of halogens is 2. The molecule has 0 radical (unpaired) electrons. The van der Waals surface area contributed by atoms with Crippen molar-refractivity contribution in [2.24, 2.45) is 5.10 Å². The molecule has 0 unspecified atom stereocenters. The minimum absolute atomic E-state index is 0.287. The highest BCUT2D eigenvalue weighted by Gasteiger charge is 2.17. The Morgan fingerprint density at radius 2 is 1.80 bits per heavy atom. The highest BCUT2D eigenvalue weighted by Crippen LogP contribution is 2.31. The van der Waals surface area contributed by atoms with Crippen LogP contribution in [0.2, 0.25) is 5.02 Å². The van der Waals surface area contributed by atoms with Crippen LogP contribution in [0.15, 0.2) is 39.9 Å². The van der Waals surface area contributed by atoms with Crippen molar-refractivity contribution >= 4 is 57.3 Å². The lowest BCUT2D eigenvalue weighted by Crippen LogP contribution is -2.37. The van der Waals surface area contributed by atoms with Crippen molar-refractivity contribution in [3.8, 4) is 11.5 Å². The first-order valence-corrected chi connectivity index (χ1v) is 12.0. The molecular formula is C23H25BrClN7O3. The van der Waals surface area contributed by atoms with Crippen molar-refractivity contribution in [3.63, 3.8) is 0 Å². The van der Waals surface area contributed by atoms with Crippen LogP contribution < -0.4 is 25.1 Å². The fourth-order valence-electron chi connectivity index (χ4n) is 3.34. The van der Waals surface area contributed by atoms with Crippen LogP contribution in [-0.2, 0) is 4.74 Å². The molecule has 2 N–H and O–H groups in total. The summed E-state index contributed by atoms with van der Waals surface area (Å²) in [7, 11) is 3.18. The quantitative estimate of drug-likeness (QED) is 0.300. The number of methoxy groups -OCH3 is 2. The lowest BCUT2D eigenvalue weighted by atomic mass is 10.2. The first-order valence-electron chi connectivity index (χ1n) is 10.8. The zero-order chi connectivity index (χ0) is 24.8. The summed E-state index contributed by atoms with van der Waals surface area (Å²) in [6, 6.07) is 9.25. The third kappa shape index (κ3) is 6.30. The lowest BCUT2D eigenvalue weighted by molar-refractivity contribution is 0.122. The summed E-state index contributed by atoms with van der Waals surface area (Å²) in [6.07, 6.45) is 1.64. The standard InChI is InChI=1S/C23H25BrClN7O3/c1-14-10-16(24)18(12-17(14)25)27-21-28-22(30-23(29-21)32-6-8-35-9-7-32)31-26-13-15-4-5-19(33-2)20(11-15)34-3/h4-5,10-13H,6-9H2,1-3H3,(H2,27,28,29,30,31)/b26-13+. The second-order valence-electron chi connectivity index (χ2n) is 7.57. The molecule has 0 spiro atoms. The number of aromatic nitrogens is 3. The molecule has 10 nitrogen and oxygen atoms in total. The number of hydrazone groups is 1. The third-order valence-electron chi connectivity index (χ3n) is 5.20. The number of hydrogen-bond donors (Lipinski definition) is 2. The van der Waals surface area contributed by atoms with E-state index in [-0.39, 0.29) is 5.95 Å². The molecular weight excluding hydrogens is 538 g/mol. The molecule has 184 valence electrons. The highest BCUT2D eigenvalue weighted by molar-refractivity contribution is 9.10. The number of ether oxygens (including phenoxy) is 3. The molecule has 35 heavy (non-hydrogen) atoms. The van der Waals surface area contributed by atoms with Gasteiger partial charge in [0.2, 0.25) is 17.8 Å². The van der Waals surface area contributed by atoms with Crippen LogP contribution in [0.5, 0.6) is 11.5 Å². The van der Waals surface area contributed by atoms with Crippen LogP contribution in [0.25, 0.3) is 0 Å². The molecule has 1 fully saturated rings. The predicted octanol–water partition coefficient (Wildman–Crippen LogP) is 4.64. The maximum atomic E-state index is 6.32. The second kappa shape index (κ2) is 11.5. The van der Waals surface area contributed by atoms with Gasteiger partial charge in [-0.15, -0.1) is 0 Å². The van der Waals surface area contributed by atoms with Crippen LogP contribution in [0.3, 0.4) is 0 Å². The Balaban J connectivity index is 1.59. The number of morpholine rings is 1. The van der Waals surface area contributed by atoms with E-state index in [4.69, 9.17) is 25.8 Å². The molecule has 0 saturated carbocycles. The van der Waals surface area contributed by atoms with Crippen molar-refractivity contribution < 1.29 is 14.2 Å². The van der Waals surface area contributed by atoms with Gasteiger partial charge in [-0.05, 0) is 64.3 Å². The molecule has 0 bridgehead atoms. The van der Waals surface area contributed by atoms with E-state index >= 15 is 0 Å². The van der Waals surface area contributed by atoms with Crippen LogP contribution >= 0.6 is 27.5 Å². The Kier molecular flexibility index (Phi) is 8.21. The van der Waals surface area contributed by atoms with Gasteiger partial charge in [-0.1, -0.05) is 11.6 Å². The Bertz CT molecular complexity index is 1220. The van der Waals surface area contributed by atoms with Gasteiger partial charge >= 0.3 is 0 Å². The van der Waals surface area contributed by atoms with Crippen molar-refractivity contribution in [2.45, 2.75) is 6.92 Å². The summed E-state index contributed by atoms with van der Waals surface area (Å²) < 4.78 is 16.9. The number of hydrogen-bond acceptors (Lipinski definition) is 10. The van der Waals surface area contributed by atoms with E-state index < -0.39 is 0 Å². The van der Waals surface area contributed by atoms with Gasteiger partial charge < -0.3 is 24.4 Å². The molecule has 12 heteroatoms. The molecule has 1 saturated heterocycles. The first-order chi connectivity index (χ1) is 17.0. The molecule has 0 atom stereocenters. The van der Waals surface area contributed by atoms with Gasteiger partial charge in [0.05, 0.1) is 39.3 Å². The molecule has 2 aromatic carbocycles. The zero-order valence-corrected chi connectivity index (χ0v) is 21.9. The summed E-state index contributed by atoms with van der Waals surface area (Å²) in [5.74, 6) is 2.41. The minimum Gasteiger partial charge on any atom is -0.493 e. The van der Waals surface area contributed by atoms with Gasteiger partial charge in [0.25, 0.3) is 0 Å².